The maximum absolute atomic E-state index is 4.82. The fraction of sp³-hybridized carbons (Fsp3) is 0.722. The van der Waals surface area contributed by atoms with Crippen molar-refractivity contribution in [3.8, 4) is 0 Å². The van der Waals surface area contributed by atoms with Gasteiger partial charge in [0.05, 0.1) is 0 Å². The molecule has 3 nitrogen and oxygen atoms in total. The van der Waals surface area contributed by atoms with E-state index in [1.54, 1.807) is 0 Å². The molecule has 0 spiro atoms. The molecule has 116 valence electrons. The summed E-state index contributed by atoms with van der Waals surface area (Å²) in [6.45, 7) is 7.50. The maximum atomic E-state index is 4.82. The summed E-state index contributed by atoms with van der Waals surface area (Å²) >= 11 is 0. The molecule has 21 heavy (non-hydrogen) atoms. The SMILES string of the molecule is CCNCc1cnc(N2CCCC2C2CCCC2)c(C)c1. The highest BCUT2D eigenvalue weighted by Gasteiger charge is 2.34. The molecule has 0 amide bonds. The molecule has 2 fully saturated rings. The number of nitrogens with one attached hydrogen (secondary N) is 1. The first-order chi connectivity index (χ1) is 10.3. The van der Waals surface area contributed by atoms with E-state index in [4.69, 9.17) is 4.98 Å². The Hall–Kier alpha value is -1.09. The summed E-state index contributed by atoms with van der Waals surface area (Å²) in [6, 6.07) is 3.06. The van der Waals surface area contributed by atoms with Gasteiger partial charge in [-0.1, -0.05) is 19.8 Å². The van der Waals surface area contributed by atoms with E-state index in [-0.39, 0.29) is 0 Å². The van der Waals surface area contributed by atoms with E-state index >= 15 is 0 Å². The molecule has 1 unspecified atom stereocenters. The van der Waals surface area contributed by atoms with Crippen molar-refractivity contribution in [2.75, 3.05) is 18.0 Å². The van der Waals surface area contributed by atoms with Crippen molar-refractivity contribution < 1.29 is 0 Å². The smallest absolute Gasteiger partial charge is 0.131 e. The fourth-order valence-corrected chi connectivity index (χ4v) is 4.18. The lowest BCUT2D eigenvalue weighted by atomic mass is 9.96. The zero-order chi connectivity index (χ0) is 14.7. The lowest BCUT2D eigenvalue weighted by molar-refractivity contribution is 0.429. The second-order valence-corrected chi connectivity index (χ2v) is 6.71. The molecule has 0 radical (unpaired) electrons. The second kappa shape index (κ2) is 6.78. The Morgan fingerprint density at radius 1 is 1.24 bits per heavy atom. The average molecular weight is 287 g/mol. The number of nitrogens with zero attached hydrogens (tertiary/aromatic N) is 2. The molecule has 3 heteroatoms. The standard InChI is InChI=1S/C18H29N3/c1-3-19-12-15-11-14(2)18(20-13-15)21-10-6-9-17(21)16-7-4-5-8-16/h11,13,16-17,19H,3-10,12H2,1-2H3. The molecule has 1 aliphatic carbocycles. The molecule has 1 saturated heterocycles. The zero-order valence-corrected chi connectivity index (χ0v) is 13.6. The van der Waals surface area contributed by atoms with Gasteiger partial charge in [-0.3, -0.25) is 0 Å². The van der Waals surface area contributed by atoms with E-state index in [1.807, 2.05) is 0 Å². The van der Waals surface area contributed by atoms with Crippen LogP contribution in [-0.4, -0.2) is 24.1 Å². The number of anilines is 1. The van der Waals surface area contributed by atoms with Crippen LogP contribution in [0.15, 0.2) is 12.3 Å². The molecule has 0 aromatic carbocycles. The van der Waals surface area contributed by atoms with Gasteiger partial charge in [0.25, 0.3) is 0 Å². The Kier molecular flexibility index (Phi) is 4.79. The van der Waals surface area contributed by atoms with Crippen LogP contribution in [0.5, 0.6) is 0 Å². The van der Waals surface area contributed by atoms with Gasteiger partial charge in [0.1, 0.15) is 5.82 Å². The fourth-order valence-electron chi connectivity index (χ4n) is 4.18. The van der Waals surface area contributed by atoms with Crippen molar-refractivity contribution in [3.63, 3.8) is 0 Å². The third-order valence-electron chi connectivity index (χ3n) is 5.20. The van der Waals surface area contributed by atoms with Gasteiger partial charge in [-0.2, -0.15) is 0 Å². The minimum absolute atomic E-state index is 0.748. The molecule has 1 saturated carbocycles. The Labute approximate surface area is 129 Å². The lowest BCUT2D eigenvalue weighted by Gasteiger charge is -2.31. The molecule has 0 bridgehead atoms. The van der Waals surface area contributed by atoms with Gasteiger partial charge in [0.2, 0.25) is 0 Å². The summed E-state index contributed by atoms with van der Waals surface area (Å²) in [6.07, 6.45) is 10.5. The highest BCUT2D eigenvalue weighted by Crippen LogP contribution is 2.38. The van der Waals surface area contributed by atoms with E-state index in [2.05, 4.69) is 36.3 Å². The number of aromatic nitrogens is 1. The van der Waals surface area contributed by atoms with Crippen LogP contribution in [0.4, 0.5) is 5.82 Å². The van der Waals surface area contributed by atoms with Crippen molar-refractivity contribution in [2.24, 2.45) is 5.92 Å². The van der Waals surface area contributed by atoms with E-state index in [0.29, 0.717) is 0 Å². The Balaban J connectivity index is 1.75. The van der Waals surface area contributed by atoms with Gasteiger partial charge in [-0.05, 0) is 62.3 Å². The largest absolute Gasteiger partial charge is 0.353 e. The number of aryl methyl sites for hydroxylation is 1. The van der Waals surface area contributed by atoms with Crippen LogP contribution in [0.25, 0.3) is 0 Å². The number of pyridine rings is 1. The maximum Gasteiger partial charge on any atom is 0.131 e. The summed E-state index contributed by atoms with van der Waals surface area (Å²) in [4.78, 5) is 7.43. The predicted octanol–water partition coefficient (Wildman–Crippen LogP) is 3.66. The molecule has 1 aromatic heterocycles. The van der Waals surface area contributed by atoms with Crippen molar-refractivity contribution in [1.29, 1.82) is 0 Å². The molecule has 1 atom stereocenters. The monoisotopic (exact) mass is 287 g/mol. The minimum Gasteiger partial charge on any atom is -0.353 e. The van der Waals surface area contributed by atoms with Crippen LogP contribution >= 0.6 is 0 Å². The predicted molar refractivity (Wildman–Crippen MR) is 88.7 cm³/mol. The van der Waals surface area contributed by atoms with Crippen LogP contribution < -0.4 is 10.2 Å². The van der Waals surface area contributed by atoms with Crippen molar-refractivity contribution in [3.05, 3.63) is 23.4 Å². The molecule has 3 rings (SSSR count). The van der Waals surface area contributed by atoms with E-state index in [0.717, 1.165) is 25.0 Å². The van der Waals surface area contributed by atoms with Gasteiger partial charge in [-0.25, -0.2) is 4.98 Å². The second-order valence-electron chi connectivity index (χ2n) is 6.71. The first kappa shape index (κ1) is 14.8. The zero-order valence-electron chi connectivity index (χ0n) is 13.6. The van der Waals surface area contributed by atoms with Crippen molar-refractivity contribution >= 4 is 5.82 Å². The van der Waals surface area contributed by atoms with Crippen LogP contribution in [0, 0.1) is 12.8 Å². The van der Waals surface area contributed by atoms with Gasteiger partial charge in [-0.15, -0.1) is 0 Å². The molecular formula is C18H29N3. The van der Waals surface area contributed by atoms with Crippen LogP contribution in [0.1, 0.15) is 56.6 Å². The summed E-state index contributed by atoms with van der Waals surface area (Å²) in [5, 5.41) is 3.38. The molecule has 1 aromatic rings. The third-order valence-corrected chi connectivity index (χ3v) is 5.20. The van der Waals surface area contributed by atoms with Crippen LogP contribution in [0.2, 0.25) is 0 Å². The number of hydrogen-bond acceptors (Lipinski definition) is 3. The van der Waals surface area contributed by atoms with Gasteiger partial charge in [0.15, 0.2) is 0 Å². The van der Waals surface area contributed by atoms with E-state index in [9.17, 15) is 0 Å². The van der Waals surface area contributed by atoms with Gasteiger partial charge in [0, 0.05) is 25.3 Å². The van der Waals surface area contributed by atoms with E-state index in [1.165, 1.54) is 62.0 Å². The quantitative estimate of drug-likeness (QED) is 0.896. The molecule has 1 aliphatic heterocycles. The van der Waals surface area contributed by atoms with Crippen LogP contribution in [-0.2, 0) is 6.54 Å². The minimum atomic E-state index is 0.748. The number of hydrogen-bond donors (Lipinski definition) is 1. The summed E-state index contributed by atoms with van der Waals surface area (Å²) in [5.41, 5.74) is 2.64. The normalized spacial score (nSPS) is 23.1. The summed E-state index contributed by atoms with van der Waals surface area (Å²) < 4.78 is 0. The average Bonchev–Trinajstić information content (AvgIpc) is 3.15. The Morgan fingerprint density at radius 3 is 2.76 bits per heavy atom. The van der Waals surface area contributed by atoms with Crippen molar-refractivity contribution in [2.45, 2.75) is 65.0 Å². The van der Waals surface area contributed by atoms with Gasteiger partial charge >= 0.3 is 0 Å². The number of rotatable bonds is 5. The first-order valence-electron chi connectivity index (χ1n) is 8.72. The van der Waals surface area contributed by atoms with Crippen LogP contribution in [0.3, 0.4) is 0 Å². The molecular weight excluding hydrogens is 258 g/mol. The highest BCUT2D eigenvalue weighted by molar-refractivity contribution is 5.49. The van der Waals surface area contributed by atoms with Crippen molar-refractivity contribution in [1.82, 2.24) is 10.3 Å². The first-order valence-corrected chi connectivity index (χ1v) is 8.72. The lowest BCUT2D eigenvalue weighted by Crippen LogP contribution is -2.35. The molecule has 2 heterocycles. The Bertz CT molecular complexity index is 466. The topological polar surface area (TPSA) is 28.2 Å². The summed E-state index contributed by atoms with van der Waals surface area (Å²) in [7, 11) is 0. The molecule has 2 aliphatic rings. The van der Waals surface area contributed by atoms with E-state index < -0.39 is 0 Å². The summed E-state index contributed by atoms with van der Waals surface area (Å²) in [5.74, 6) is 2.15. The molecule has 1 N–H and O–H groups in total. The van der Waals surface area contributed by atoms with Gasteiger partial charge < -0.3 is 10.2 Å². The highest BCUT2D eigenvalue weighted by atomic mass is 15.2. The third kappa shape index (κ3) is 3.23. The Morgan fingerprint density at radius 2 is 2.05 bits per heavy atom.